The van der Waals surface area contributed by atoms with Crippen LogP contribution in [0.4, 0.5) is 4.39 Å². The lowest BCUT2D eigenvalue weighted by Crippen LogP contribution is -2.40. The SMILES string of the molecule is COC(=O)c1ccc(CNC(CCO)C(C)(C)C)cc1F. The van der Waals surface area contributed by atoms with E-state index in [1.807, 2.05) is 0 Å². The molecule has 0 spiro atoms. The van der Waals surface area contributed by atoms with E-state index in [4.69, 9.17) is 5.11 Å². The molecule has 21 heavy (non-hydrogen) atoms. The summed E-state index contributed by atoms with van der Waals surface area (Å²) in [5, 5.41) is 12.4. The molecule has 0 aliphatic rings. The van der Waals surface area contributed by atoms with E-state index in [0.29, 0.717) is 13.0 Å². The van der Waals surface area contributed by atoms with Crippen molar-refractivity contribution in [2.24, 2.45) is 5.41 Å². The highest BCUT2D eigenvalue weighted by atomic mass is 19.1. The summed E-state index contributed by atoms with van der Waals surface area (Å²) < 4.78 is 18.3. The van der Waals surface area contributed by atoms with Crippen LogP contribution in [0.15, 0.2) is 18.2 Å². The van der Waals surface area contributed by atoms with Gasteiger partial charge in [-0.15, -0.1) is 0 Å². The Bertz CT molecular complexity index is 483. The molecule has 0 aliphatic heterocycles. The summed E-state index contributed by atoms with van der Waals surface area (Å²) in [6.45, 7) is 6.83. The molecule has 0 saturated heterocycles. The van der Waals surface area contributed by atoms with Crippen molar-refractivity contribution in [1.82, 2.24) is 5.32 Å². The summed E-state index contributed by atoms with van der Waals surface area (Å²) in [7, 11) is 1.22. The van der Waals surface area contributed by atoms with Gasteiger partial charge < -0.3 is 15.2 Å². The van der Waals surface area contributed by atoms with Gasteiger partial charge in [0.15, 0.2) is 0 Å². The summed E-state index contributed by atoms with van der Waals surface area (Å²) >= 11 is 0. The Morgan fingerprint density at radius 1 is 1.43 bits per heavy atom. The van der Waals surface area contributed by atoms with Crippen molar-refractivity contribution < 1.29 is 19.0 Å². The molecule has 0 aliphatic carbocycles. The molecule has 4 nitrogen and oxygen atoms in total. The number of esters is 1. The zero-order valence-corrected chi connectivity index (χ0v) is 13.1. The molecule has 1 rings (SSSR count). The van der Waals surface area contributed by atoms with Crippen LogP contribution in [0.25, 0.3) is 0 Å². The fourth-order valence-corrected chi connectivity index (χ4v) is 2.16. The molecule has 1 aromatic rings. The fraction of sp³-hybridized carbons (Fsp3) is 0.562. The number of halogens is 1. The van der Waals surface area contributed by atoms with Gasteiger partial charge in [0.25, 0.3) is 0 Å². The summed E-state index contributed by atoms with van der Waals surface area (Å²) in [4.78, 5) is 11.3. The minimum Gasteiger partial charge on any atom is -0.465 e. The van der Waals surface area contributed by atoms with E-state index in [1.54, 1.807) is 6.07 Å². The highest BCUT2D eigenvalue weighted by Gasteiger charge is 2.23. The maximum absolute atomic E-state index is 13.8. The number of aliphatic hydroxyl groups excluding tert-OH is 1. The first-order chi connectivity index (χ1) is 9.79. The standard InChI is InChI=1S/C16H24FNO3/c1-16(2,3)14(7-8-19)18-10-11-5-6-12(13(17)9-11)15(20)21-4/h5-6,9,14,18-19H,7-8,10H2,1-4H3. The molecule has 118 valence electrons. The maximum Gasteiger partial charge on any atom is 0.340 e. The first-order valence-electron chi connectivity index (χ1n) is 7.00. The number of carbonyl (C=O) groups excluding carboxylic acids is 1. The van der Waals surface area contributed by atoms with Gasteiger partial charge in [-0.2, -0.15) is 0 Å². The minimum atomic E-state index is -0.681. The molecule has 0 amide bonds. The lowest BCUT2D eigenvalue weighted by Gasteiger charge is -2.31. The Kier molecular flexibility index (Phi) is 6.30. The van der Waals surface area contributed by atoms with Gasteiger partial charge in [-0.05, 0) is 29.5 Å². The van der Waals surface area contributed by atoms with E-state index in [0.717, 1.165) is 5.56 Å². The van der Waals surface area contributed by atoms with Gasteiger partial charge in [0.05, 0.1) is 12.7 Å². The molecule has 1 unspecified atom stereocenters. The topological polar surface area (TPSA) is 58.6 Å². The number of ether oxygens (including phenoxy) is 1. The monoisotopic (exact) mass is 297 g/mol. The second-order valence-corrected chi connectivity index (χ2v) is 6.12. The van der Waals surface area contributed by atoms with Crippen LogP contribution in [0, 0.1) is 11.2 Å². The Balaban J connectivity index is 2.75. The van der Waals surface area contributed by atoms with Crippen LogP contribution in [0.3, 0.4) is 0 Å². The van der Waals surface area contributed by atoms with Crippen LogP contribution in [-0.2, 0) is 11.3 Å². The van der Waals surface area contributed by atoms with Crippen LogP contribution in [-0.4, -0.2) is 30.8 Å². The van der Waals surface area contributed by atoms with Gasteiger partial charge in [-0.1, -0.05) is 26.8 Å². The average Bonchev–Trinajstić information content (AvgIpc) is 2.41. The number of hydrogen-bond acceptors (Lipinski definition) is 4. The van der Waals surface area contributed by atoms with Crippen molar-refractivity contribution in [3.05, 3.63) is 35.1 Å². The van der Waals surface area contributed by atoms with Crippen molar-refractivity contribution in [2.75, 3.05) is 13.7 Å². The van der Waals surface area contributed by atoms with E-state index in [1.165, 1.54) is 19.2 Å². The second-order valence-electron chi connectivity index (χ2n) is 6.12. The Labute approximate surface area is 125 Å². The van der Waals surface area contributed by atoms with Gasteiger partial charge in [-0.3, -0.25) is 0 Å². The normalized spacial score (nSPS) is 13.0. The highest BCUT2D eigenvalue weighted by Crippen LogP contribution is 2.22. The lowest BCUT2D eigenvalue weighted by molar-refractivity contribution is 0.0595. The van der Waals surface area contributed by atoms with Crippen LogP contribution >= 0.6 is 0 Å². The van der Waals surface area contributed by atoms with Gasteiger partial charge in [0.1, 0.15) is 5.82 Å². The highest BCUT2D eigenvalue weighted by molar-refractivity contribution is 5.89. The number of carbonyl (C=O) groups is 1. The Morgan fingerprint density at radius 2 is 2.10 bits per heavy atom. The van der Waals surface area contributed by atoms with Crippen LogP contribution in [0.5, 0.6) is 0 Å². The van der Waals surface area contributed by atoms with Crippen molar-refractivity contribution >= 4 is 5.97 Å². The summed E-state index contributed by atoms with van der Waals surface area (Å²) in [6, 6.07) is 4.57. The first-order valence-corrected chi connectivity index (χ1v) is 7.00. The fourth-order valence-electron chi connectivity index (χ4n) is 2.16. The van der Waals surface area contributed by atoms with Gasteiger partial charge >= 0.3 is 5.97 Å². The summed E-state index contributed by atoms with van der Waals surface area (Å²) in [5.74, 6) is -1.27. The second kappa shape index (κ2) is 7.52. The predicted molar refractivity (Wildman–Crippen MR) is 79.5 cm³/mol. The third-order valence-electron chi connectivity index (χ3n) is 3.45. The summed E-state index contributed by atoms with van der Waals surface area (Å²) in [6.07, 6.45) is 0.631. The molecule has 2 N–H and O–H groups in total. The quantitative estimate of drug-likeness (QED) is 0.792. The molecule has 1 aromatic carbocycles. The number of nitrogens with one attached hydrogen (secondary N) is 1. The molecule has 5 heteroatoms. The largest absolute Gasteiger partial charge is 0.465 e. The molecule has 0 bridgehead atoms. The van der Waals surface area contributed by atoms with E-state index < -0.39 is 11.8 Å². The molecular formula is C16H24FNO3. The Hall–Kier alpha value is -1.46. The number of aliphatic hydroxyl groups is 1. The van der Waals surface area contributed by atoms with Gasteiger partial charge in [0, 0.05) is 19.2 Å². The smallest absolute Gasteiger partial charge is 0.340 e. The van der Waals surface area contributed by atoms with Crippen molar-refractivity contribution in [3.63, 3.8) is 0 Å². The molecule has 1 atom stereocenters. The third kappa shape index (κ3) is 5.10. The number of hydrogen-bond donors (Lipinski definition) is 2. The van der Waals surface area contributed by atoms with Crippen LogP contribution in [0.2, 0.25) is 0 Å². The molecular weight excluding hydrogens is 273 g/mol. The van der Waals surface area contributed by atoms with Crippen LogP contribution < -0.4 is 5.32 Å². The van der Waals surface area contributed by atoms with E-state index in [2.05, 4.69) is 30.8 Å². The molecule has 0 fully saturated rings. The third-order valence-corrected chi connectivity index (χ3v) is 3.45. The van der Waals surface area contributed by atoms with E-state index >= 15 is 0 Å². The van der Waals surface area contributed by atoms with Gasteiger partial charge in [-0.25, -0.2) is 9.18 Å². The first kappa shape index (κ1) is 17.6. The van der Waals surface area contributed by atoms with E-state index in [-0.39, 0.29) is 23.6 Å². The zero-order chi connectivity index (χ0) is 16.0. The molecule has 0 saturated carbocycles. The van der Waals surface area contributed by atoms with Crippen molar-refractivity contribution in [3.8, 4) is 0 Å². The molecule has 0 heterocycles. The number of rotatable bonds is 6. The maximum atomic E-state index is 13.8. The summed E-state index contributed by atoms with van der Waals surface area (Å²) in [5.41, 5.74) is 0.670. The van der Waals surface area contributed by atoms with Crippen LogP contribution in [0.1, 0.15) is 43.1 Å². The zero-order valence-electron chi connectivity index (χ0n) is 13.1. The number of benzene rings is 1. The molecule has 0 radical (unpaired) electrons. The van der Waals surface area contributed by atoms with E-state index in [9.17, 15) is 9.18 Å². The predicted octanol–water partition coefficient (Wildman–Crippen LogP) is 2.50. The minimum absolute atomic E-state index is 0.00671. The number of methoxy groups -OCH3 is 1. The lowest BCUT2D eigenvalue weighted by atomic mass is 9.85. The van der Waals surface area contributed by atoms with Crippen molar-refractivity contribution in [1.29, 1.82) is 0 Å². The molecule has 0 aromatic heterocycles. The average molecular weight is 297 g/mol. The van der Waals surface area contributed by atoms with Gasteiger partial charge in [0.2, 0.25) is 0 Å². The Morgan fingerprint density at radius 3 is 2.57 bits per heavy atom. The van der Waals surface area contributed by atoms with Crippen molar-refractivity contribution in [2.45, 2.75) is 39.8 Å².